The number of hydrogen-bond donors (Lipinski definition) is 1. The third-order valence-electron chi connectivity index (χ3n) is 10.6. The molecule has 0 heterocycles. The van der Waals surface area contributed by atoms with Crippen molar-refractivity contribution in [3.8, 4) is 0 Å². The number of hydrogen-bond acceptors (Lipinski definition) is 2. The van der Waals surface area contributed by atoms with Gasteiger partial charge in [0, 0.05) is 12.3 Å². The minimum atomic E-state index is -0.172. The van der Waals surface area contributed by atoms with Crippen LogP contribution >= 0.6 is 0 Å². The lowest BCUT2D eigenvalue weighted by molar-refractivity contribution is -0.160. The molecule has 0 unspecified atom stereocenters. The van der Waals surface area contributed by atoms with E-state index in [9.17, 15) is 9.90 Å². The van der Waals surface area contributed by atoms with Gasteiger partial charge in [-0.3, -0.25) is 4.79 Å². The molecule has 4 rings (SSSR count). The van der Waals surface area contributed by atoms with E-state index >= 15 is 0 Å². The molecule has 4 saturated carbocycles. The first kappa shape index (κ1) is 21.8. The van der Waals surface area contributed by atoms with E-state index < -0.39 is 0 Å². The highest BCUT2D eigenvalue weighted by Crippen LogP contribution is 2.67. The molecule has 0 aromatic carbocycles. The molecule has 4 aliphatic carbocycles. The average Bonchev–Trinajstić information content (AvgIpc) is 3.00. The van der Waals surface area contributed by atoms with Gasteiger partial charge in [-0.1, -0.05) is 53.9 Å². The van der Waals surface area contributed by atoms with Crippen LogP contribution in [0.5, 0.6) is 0 Å². The largest absolute Gasteiger partial charge is 0.393 e. The topological polar surface area (TPSA) is 37.3 Å². The van der Waals surface area contributed by atoms with E-state index in [2.05, 4.69) is 34.6 Å². The molecule has 2 heteroatoms. The molecule has 2 nitrogen and oxygen atoms in total. The van der Waals surface area contributed by atoms with Crippen LogP contribution in [0.15, 0.2) is 0 Å². The van der Waals surface area contributed by atoms with Crippen molar-refractivity contribution in [2.24, 2.45) is 52.3 Å². The summed E-state index contributed by atoms with van der Waals surface area (Å²) in [5.74, 6) is 4.93. The quantitative estimate of drug-likeness (QED) is 0.559. The Hall–Kier alpha value is -0.370. The van der Waals surface area contributed by atoms with Gasteiger partial charge in [-0.15, -0.1) is 0 Å². The third kappa shape index (κ3) is 3.64. The van der Waals surface area contributed by atoms with E-state index in [-0.39, 0.29) is 6.10 Å². The number of ketones is 1. The second-order valence-electron chi connectivity index (χ2n) is 12.6. The van der Waals surface area contributed by atoms with Crippen LogP contribution < -0.4 is 0 Å². The lowest BCUT2D eigenvalue weighted by Gasteiger charge is -2.60. The summed E-state index contributed by atoms with van der Waals surface area (Å²) in [6.45, 7) is 12.2. The molecule has 166 valence electrons. The molecule has 0 spiro atoms. The highest BCUT2D eigenvalue weighted by Gasteiger charge is 2.62. The number of fused-ring (bicyclic) bond motifs is 5. The van der Waals surface area contributed by atoms with Gasteiger partial charge in [0.25, 0.3) is 0 Å². The summed E-state index contributed by atoms with van der Waals surface area (Å²) in [6.07, 6.45) is 12.8. The number of aliphatic hydroxyl groups excluding tert-OH is 1. The fourth-order valence-corrected chi connectivity index (χ4v) is 8.93. The van der Waals surface area contributed by atoms with Crippen LogP contribution in [-0.4, -0.2) is 17.0 Å². The summed E-state index contributed by atoms with van der Waals surface area (Å²) in [6, 6.07) is 0. The molecule has 0 radical (unpaired) electrons. The van der Waals surface area contributed by atoms with Gasteiger partial charge in [-0.2, -0.15) is 0 Å². The summed E-state index contributed by atoms with van der Waals surface area (Å²) < 4.78 is 0. The normalized spacial score (nSPS) is 48.2. The Kier molecular flexibility index (Phi) is 5.99. The van der Waals surface area contributed by atoms with Gasteiger partial charge in [0.2, 0.25) is 0 Å². The minimum Gasteiger partial charge on any atom is -0.393 e. The molecule has 29 heavy (non-hydrogen) atoms. The number of Topliss-reactive ketones (excluding diaryl/α,β-unsaturated/α-hetero) is 1. The SMILES string of the molecule is CC(C)CCC[C@@H](C)[C@@H]1CC[C@@H]2[C@@H]3C(=O)C[C@H]4C[C@H](O)CC[C@]4(C)[C@H]3CC[C@@]21C. The van der Waals surface area contributed by atoms with Crippen molar-refractivity contribution in [1.82, 2.24) is 0 Å². The first-order valence-corrected chi connectivity index (χ1v) is 12.9. The Labute approximate surface area is 179 Å². The zero-order valence-electron chi connectivity index (χ0n) is 19.8. The smallest absolute Gasteiger partial charge is 0.136 e. The van der Waals surface area contributed by atoms with Crippen molar-refractivity contribution in [3.63, 3.8) is 0 Å². The summed E-state index contributed by atoms with van der Waals surface area (Å²) in [7, 11) is 0. The molecular weight excluding hydrogens is 356 g/mol. The van der Waals surface area contributed by atoms with Crippen molar-refractivity contribution in [1.29, 1.82) is 0 Å². The third-order valence-corrected chi connectivity index (χ3v) is 10.6. The lowest BCUT2D eigenvalue weighted by Crippen LogP contribution is -2.57. The average molecular weight is 403 g/mol. The second kappa shape index (κ2) is 7.95. The first-order valence-electron chi connectivity index (χ1n) is 12.9. The maximum Gasteiger partial charge on any atom is 0.136 e. The Morgan fingerprint density at radius 2 is 1.66 bits per heavy atom. The minimum absolute atomic E-state index is 0.172. The maximum absolute atomic E-state index is 13.5. The van der Waals surface area contributed by atoms with E-state index in [1.54, 1.807) is 0 Å². The van der Waals surface area contributed by atoms with Crippen molar-refractivity contribution in [3.05, 3.63) is 0 Å². The lowest BCUT2D eigenvalue weighted by atomic mass is 9.44. The van der Waals surface area contributed by atoms with Gasteiger partial charge in [0.05, 0.1) is 6.10 Å². The fraction of sp³-hybridized carbons (Fsp3) is 0.963. The number of rotatable bonds is 5. The number of carbonyl (C=O) groups excluding carboxylic acids is 1. The predicted octanol–water partition coefficient (Wildman–Crippen LogP) is 6.65. The highest BCUT2D eigenvalue weighted by atomic mass is 16.3. The second-order valence-corrected chi connectivity index (χ2v) is 12.6. The van der Waals surface area contributed by atoms with Crippen LogP contribution in [0.3, 0.4) is 0 Å². The van der Waals surface area contributed by atoms with Crippen molar-refractivity contribution < 1.29 is 9.90 Å². The zero-order chi connectivity index (χ0) is 21.0. The van der Waals surface area contributed by atoms with E-state index in [4.69, 9.17) is 0 Å². The molecule has 0 amide bonds. The summed E-state index contributed by atoms with van der Waals surface area (Å²) in [4.78, 5) is 13.5. The van der Waals surface area contributed by atoms with Crippen LogP contribution in [0.1, 0.15) is 105 Å². The predicted molar refractivity (Wildman–Crippen MR) is 119 cm³/mol. The van der Waals surface area contributed by atoms with Crippen LogP contribution in [-0.2, 0) is 4.79 Å². The van der Waals surface area contributed by atoms with E-state index in [0.29, 0.717) is 40.3 Å². The maximum atomic E-state index is 13.5. The van der Waals surface area contributed by atoms with E-state index in [1.807, 2.05) is 0 Å². The standard InChI is InChI=1S/C27H46O2/c1-17(2)7-6-8-18(3)21-9-10-22-25-23(12-14-27(21,22)5)26(4)13-11-20(28)15-19(26)16-24(25)29/h17-23,25,28H,6-16H2,1-5H3/t18-,19-,20-,21+,22-,23+,25+,26+,27-/m1/s1. The molecule has 0 bridgehead atoms. The number of carbonyl (C=O) groups is 1. The first-order chi connectivity index (χ1) is 13.7. The van der Waals surface area contributed by atoms with Gasteiger partial charge in [0.1, 0.15) is 5.78 Å². The molecule has 9 atom stereocenters. The van der Waals surface area contributed by atoms with E-state index in [0.717, 1.165) is 43.4 Å². The van der Waals surface area contributed by atoms with Crippen LogP contribution in [0.2, 0.25) is 0 Å². The Morgan fingerprint density at radius 1 is 0.966 bits per heavy atom. The van der Waals surface area contributed by atoms with Crippen molar-refractivity contribution in [2.45, 2.75) is 111 Å². The molecule has 0 aliphatic heterocycles. The van der Waals surface area contributed by atoms with Crippen LogP contribution in [0.4, 0.5) is 0 Å². The Bertz CT molecular complexity index is 612. The van der Waals surface area contributed by atoms with E-state index in [1.165, 1.54) is 44.9 Å². The van der Waals surface area contributed by atoms with Gasteiger partial charge in [0.15, 0.2) is 0 Å². The van der Waals surface area contributed by atoms with Crippen LogP contribution in [0.25, 0.3) is 0 Å². The molecule has 0 aromatic rings. The summed E-state index contributed by atoms with van der Waals surface area (Å²) in [5.41, 5.74) is 0.672. The van der Waals surface area contributed by atoms with Crippen molar-refractivity contribution in [2.75, 3.05) is 0 Å². The monoisotopic (exact) mass is 402 g/mol. The van der Waals surface area contributed by atoms with Gasteiger partial charge < -0.3 is 5.11 Å². The summed E-state index contributed by atoms with van der Waals surface area (Å²) >= 11 is 0. The Morgan fingerprint density at radius 3 is 2.38 bits per heavy atom. The zero-order valence-corrected chi connectivity index (χ0v) is 19.8. The van der Waals surface area contributed by atoms with Gasteiger partial charge in [-0.25, -0.2) is 0 Å². The molecule has 0 aromatic heterocycles. The molecule has 0 saturated heterocycles. The molecule has 4 fully saturated rings. The van der Waals surface area contributed by atoms with Gasteiger partial charge >= 0.3 is 0 Å². The Balaban J connectivity index is 1.51. The number of aliphatic hydroxyl groups is 1. The fourth-order valence-electron chi connectivity index (χ4n) is 8.93. The highest BCUT2D eigenvalue weighted by molar-refractivity contribution is 5.83. The molecular formula is C27H46O2. The molecule has 4 aliphatic rings. The van der Waals surface area contributed by atoms with Crippen LogP contribution in [0, 0.1) is 52.3 Å². The molecule has 1 N–H and O–H groups in total. The van der Waals surface area contributed by atoms with Crippen molar-refractivity contribution >= 4 is 5.78 Å². The van der Waals surface area contributed by atoms with Gasteiger partial charge in [-0.05, 0) is 91.3 Å². The summed E-state index contributed by atoms with van der Waals surface area (Å²) in [5, 5.41) is 10.2.